The third-order valence-electron chi connectivity index (χ3n) is 3.41. The van der Waals surface area contributed by atoms with Crippen molar-refractivity contribution in [2.24, 2.45) is 0 Å². The van der Waals surface area contributed by atoms with Crippen molar-refractivity contribution in [3.8, 4) is 0 Å². The number of nitrogens with one attached hydrogen (secondary N) is 1. The maximum atomic E-state index is 5.40. The molecule has 0 radical (unpaired) electrons. The van der Waals surface area contributed by atoms with Crippen molar-refractivity contribution >= 4 is 33.9 Å². The van der Waals surface area contributed by atoms with Gasteiger partial charge < -0.3 is 9.84 Å². The van der Waals surface area contributed by atoms with Gasteiger partial charge in [0.2, 0.25) is 11.0 Å². The first kappa shape index (κ1) is 17.9. The van der Waals surface area contributed by atoms with Crippen LogP contribution in [0.15, 0.2) is 33.1 Å². The Bertz CT molecular complexity index is 853. The van der Waals surface area contributed by atoms with Gasteiger partial charge >= 0.3 is 0 Å². The maximum Gasteiger partial charge on any atom is 0.239 e. The van der Waals surface area contributed by atoms with Crippen molar-refractivity contribution < 1.29 is 4.52 Å². The first-order valence-electron chi connectivity index (χ1n) is 7.99. The zero-order valence-electron chi connectivity index (χ0n) is 14.9. The maximum absolute atomic E-state index is 5.40. The number of thioether (sulfide) groups is 1. The van der Waals surface area contributed by atoms with Crippen molar-refractivity contribution in [1.29, 1.82) is 0 Å². The van der Waals surface area contributed by atoms with Gasteiger partial charge in [-0.05, 0) is 31.5 Å². The molecule has 1 N–H and O–H groups in total. The van der Waals surface area contributed by atoms with Crippen LogP contribution in [0.2, 0.25) is 0 Å². The zero-order valence-corrected chi connectivity index (χ0v) is 16.5. The van der Waals surface area contributed by atoms with Crippen molar-refractivity contribution in [2.75, 3.05) is 5.32 Å². The first-order valence-corrected chi connectivity index (χ1v) is 9.69. The summed E-state index contributed by atoms with van der Waals surface area (Å²) in [6, 6.07) is 8.16. The highest BCUT2D eigenvalue weighted by Crippen LogP contribution is 2.37. The van der Waals surface area contributed by atoms with Gasteiger partial charge in [-0.25, -0.2) is 0 Å². The molecule has 1 atom stereocenters. The van der Waals surface area contributed by atoms with Gasteiger partial charge in [0, 0.05) is 11.1 Å². The van der Waals surface area contributed by atoms with Crippen LogP contribution in [0.1, 0.15) is 50.2 Å². The predicted molar refractivity (Wildman–Crippen MR) is 102 cm³/mol. The number of benzene rings is 1. The fourth-order valence-electron chi connectivity index (χ4n) is 2.06. The fraction of sp³-hybridized carbons (Fsp3) is 0.412. The Morgan fingerprint density at radius 2 is 2.04 bits per heavy atom. The fourth-order valence-corrected chi connectivity index (χ4v) is 4.01. The highest BCUT2D eigenvalue weighted by atomic mass is 32.2. The van der Waals surface area contributed by atoms with E-state index in [9.17, 15) is 0 Å². The van der Waals surface area contributed by atoms with E-state index in [-0.39, 0.29) is 10.7 Å². The van der Waals surface area contributed by atoms with E-state index in [0.717, 1.165) is 15.2 Å². The number of nitrogens with zero attached hydrogens (tertiary/aromatic N) is 4. The zero-order chi connectivity index (χ0) is 18.0. The number of anilines is 2. The Kier molecular flexibility index (Phi) is 5.10. The summed E-state index contributed by atoms with van der Waals surface area (Å²) in [5.74, 6) is 1.33. The molecule has 25 heavy (non-hydrogen) atoms. The third kappa shape index (κ3) is 4.58. The molecule has 2 aromatic heterocycles. The summed E-state index contributed by atoms with van der Waals surface area (Å²) in [4.78, 5) is 4.50. The highest BCUT2D eigenvalue weighted by molar-refractivity contribution is 8.01. The summed E-state index contributed by atoms with van der Waals surface area (Å²) in [6.07, 6.45) is 0. The molecule has 1 unspecified atom stereocenters. The Morgan fingerprint density at radius 3 is 2.72 bits per heavy atom. The molecule has 8 heteroatoms. The molecule has 132 valence electrons. The van der Waals surface area contributed by atoms with Crippen LogP contribution in [0.25, 0.3) is 0 Å². The lowest BCUT2D eigenvalue weighted by molar-refractivity contribution is 0.364. The van der Waals surface area contributed by atoms with E-state index in [1.807, 2.05) is 19.1 Å². The minimum Gasteiger partial charge on any atom is -0.338 e. The van der Waals surface area contributed by atoms with Crippen LogP contribution >= 0.6 is 23.1 Å². The van der Waals surface area contributed by atoms with Gasteiger partial charge in [-0.2, -0.15) is 4.98 Å². The molecular formula is C17H21N5OS2. The molecule has 0 spiro atoms. The molecule has 3 rings (SSSR count). The molecule has 0 saturated carbocycles. The lowest BCUT2D eigenvalue weighted by Gasteiger charge is -2.11. The second-order valence-corrected chi connectivity index (χ2v) is 9.40. The number of aromatic nitrogens is 4. The molecule has 3 aromatic rings. The van der Waals surface area contributed by atoms with Crippen molar-refractivity contribution in [3.05, 3.63) is 41.5 Å². The Balaban J connectivity index is 1.65. The third-order valence-corrected chi connectivity index (χ3v) is 5.42. The predicted octanol–water partition coefficient (Wildman–Crippen LogP) is 5.12. The van der Waals surface area contributed by atoms with Gasteiger partial charge in [-0.1, -0.05) is 61.2 Å². The van der Waals surface area contributed by atoms with E-state index >= 15 is 0 Å². The van der Waals surface area contributed by atoms with Crippen LogP contribution in [0.4, 0.5) is 10.8 Å². The van der Waals surface area contributed by atoms with Crippen LogP contribution in [0.5, 0.6) is 0 Å². The van der Waals surface area contributed by atoms with E-state index < -0.39 is 0 Å². The minimum absolute atomic E-state index is 0.0170. The second kappa shape index (κ2) is 7.13. The molecular weight excluding hydrogens is 354 g/mol. The van der Waals surface area contributed by atoms with Crippen molar-refractivity contribution in [3.63, 3.8) is 0 Å². The van der Waals surface area contributed by atoms with Crippen LogP contribution in [-0.2, 0) is 5.41 Å². The molecule has 1 aromatic carbocycles. The summed E-state index contributed by atoms with van der Waals surface area (Å²) < 4.78 is 6.26. The molecule has 6 nitrogen and oxygen atoms in total. The minimum atomic E-state index is -0.125. The van der Waals surface area contributed by atoms with Gasteiger partial charge in [0.05, 0.1) is 5.25 Å². The van der Waals surface area contributed by atoms with Crippen LogP contribution in [-0.4, -0.2) is 20.3 Å². The van der Waals surface area contributed by atoms with Gasteiger partial charge in [0.15, 0.2) is 10.2 Å². The van der Waals surface area contributed by atoms with E-state index in [0.29, 0.717) is 11.7 Å². The average molecular weight is 376 g/mol. The Hall–Kier alpha value is -1.93. The molecule has 0 fully saturated rings. The van der Waals surface area contributed by atoms with Gasteiger partial charge in [0.25, 0.3) is 0 Å². The molecule has 0 amide bonds. The van der Waals surface area contributed by atoms with E-state index in [2.05, 4.69) is 65.5 Å². The first-order chi connectivity index (χ1) is 11.8. The second-order valence-electron chi connectivity index (χ2n) is 6.83. The summed E-state index contributed by atoms with van der Waals surface area (Å²) in [7, 11) is 0. The summed E-state index contributed by atoms with van der Waals surface area (Å²) in [5.41, 5.74) is 2.08. The average Bonchev–Trinajstić information content (AvgIpc) is 3.16. The lowest BCUT2D eigenvalue weighted by Crippen LogP contribution is -2.13. The van der Waals surface area contributed by atoms with E-state index in [4.69, 9.17) is 4.52 Å². The van der Waals surface area contributed by atoms with Gasteiger partial charge in [-0.3, -0.25) is 0 Å². The van der Waals surface area contributed by atoms with Crippen LogP contribution in [0.3, 0.4) is 0 Å². The molecule has 0 aliphatic rings. The normalized spacial score (nSPS) is 13.0. The number of hydrogen-bond acceptors (Lipinski definition) is 8. The number of hydrogen-bond donors (Lipinski definition) is 1. The smallest absolute Gasteiger partial charge is 0.239 e. The van der Waals surface area contributed by atoms with Crippen molar-refractivity contribution in [2.45, 2.75) is 49.6 Å². The summed E-state index contributed by atoms with van der Waals surface area (Å²) >= 11 is 3.07. The van der Waals surface area contributed by atoms with Gasteiger partial charge in [0.1, 0.15) is 0 Å². The summed E-state index contributed by atoms with van der Waals surface area (Å²) in [6.45, 7) is 10.3. The largest absolute Gasteiger partial charge is 0.338 e. The van der Waals surface area contributed by atoms with Crippen LogP contribution in [0, 0.1) is 6.92 Å². The summed E-state index contributed by atoms with van der Waals surface area (Å²) in [5, 5.41) is 16.6. The van der Waals surface area contributed by atoms with E-state index in [1.54, 1.807) is 11.8 Å². The van der Waals surface area contributed by atoms with Crippen molar-refractivity contribution in [1.82, 2.24) is 20.3 Å². The molecule has 2 heterocycles. The monoisotopic (exact) mass is 375 g/mol. The Morgan fingerprint density at radius 1 is 1.24 bits per heavy atom. The Labute approximate surface area is 155 Å². The SMILES string of the molecule is Cc1cccc(Nc2nnc(SC(C)c3nc(C(C)(C)C)no3)s2)c1. The van der Waals surface area contributed by atoms with E-state index in [1.165, 1.54) is 16.9 Å². The number of aryl methyl sites for hydroxylation is 1. The quantitative estimate of drug-likeness (QED) is 0.620. The molecule has 0 aliphatic heterocycles. The molecule has 0 aliphatic carbocycles. The van der Waals surface area contributed by atoms with Crippen LogP contribution < -0.4 is 5.32 Å². The van der Waals surface area contributed by atoms with Gasteiger partial charge in [-0.15, -0.1) is 10.2 Å². The lowest BCUT2D eigenvalue weighted by atomic mass is 9.96. The topological polar surface area (TPSA) is 76.7 Å². The standard InChI is InChI=1S/C17H21N5OS2/c1-10-7-6-8-12(9-10)18-15-20-21-16(25-15)24-11(2)13-19-14(22-23-13)17(3,4)5/h6-9,11H,1-5H3,(H,18,20). The molecule has 0 saturated heterocycles. The molecule has 0 bridgehead atoms. The number of rotatable bonds is 5. The highest BCUT2D eigenvalue weighted by Gasteiger charge is 2.24.